The van der Waals surface area contributed by atoms with Gasteiger partial charge in [-0.3, -0.25) is 14.5 Å². The Hall–Kier alpha value is -3.06. The predicted octanol–water partition coefficient (Wildman–Crippen LogP) is 1.85. The third kappa shape index (κ3) is 3.41. The molecule has 7 heteroatoms. The second-order valence-electron chi connectivity index (χ2n) is 7.03. The van der Waals surface area contributed by atoms with Crippen LogP contribution in [0.4, 0.5) is 11.4 Å². The predicted molar refractivity (Wildman–Crippen MR) is 106 cm³/mol. The van der Waals surface area contributed by atoms with Gasteiger partial charge in [0, 0.05) is 37.9 Å². The quantitative estimate of drug-likeness (QED) is 0.815. The normalized spacial score (nSPS) is 20.7. The molecule has 0 aliphatic carbocycles. The molecule has 1 atom stereocenters. The van der Waals surface area contributed by atoms with Gasteiger partial charge in [-0.15, -0.1) is 0 Å². The van der Waals surface area contributed by atoms with Gasteiger partial charge in [0.05, 0.1) is 25.3 Å². The van der Waals surface area contributed by atoms with Crippen molar-refractivity contribution in [2.75, 3.05) is 43.1 Å². The Morgan fingerprint density at radius 3 is 2.36 bits per heavy atom. The molecule has 28 heavy (non-hydrogen) atoms. The maximum atomic E-state index is 13.0. The molecule has 7 nitrogen and oxygen atoms in total. The summed E-state index contributed by atoms with van der Waals surface area (Å²) in [6.07, 6.45) is 0.204. The van der Waals surface area contributed by atoms with Gasteiger partial charge in [0.2, 0.25) is 5.91 Å². The number of hydrogen-bond acceptors (Lipinski definition) is 6. The molecule has 1 N–H and O–H groups in total. The van der Waals surface area contributed by atoms with E-state index in [4.69, 9.17) is 4.74 Å². The number of anilines is 2. The fourth-order valence-electron chi connectivity index (χ4n) is 3.88. The lowest BCUT2D eigenvalue weighted by molar-refractivity contribution is -0.123. The van der Waals surface area contributed by atoms with Crippen LogP contribution in [-0.2, 0) is 9.59 Å². The first-order chi connectivity index (χ1) is 13.6. The second kappa shape index (κ2) is 7.52. The summed E-state index contributed by atoms with van der Waals surface area (Å²) in [6.45, 7) is 2.94. The molecule has 2 fully saturated rings. The number of phenols is 1. The van der Waals surface area contributed by atoms with Gasteiger partial charge in [0.1, 0.15) is 11.5 Å². The minimum absolute atomic E-state index is 0.170. The number of hydrogen-bond donors (Lipinski definition) is 1. The van der Waals surface area contributed by atoms with E-state index in [9.17, 15) is 14.7 Å². The Labute approximate surface area is 163 Å². The zero-order valence-corrected chi connectivity index (χ0v) is 15.7. The lowest BCUT2D eigenvalue weighted by Crippen LogP contribution is -2.52. The number of methoxy groups -OCH3 is 1. The summed E-state index contributed by atoms with van der Waals surface area (Å²) in [5.41, 5.74) is 1.60. The largest absolute Gasteiger partial charge is 0.508 e. The fraction of sp³-hybridized carbons (Fsp3) is 0.333. The Kier molecular flexibility index (Phi) is 4.92. The molecule has 4 rings (SSSR count). The van der Waals surface area contributed by atoms with Crippen LogP contribution in [0, 0.1) is 0 Å². The van der Waals surface area contributed by atoms with E-state index in [1.165, 1.54) is 4.90 Å². The number of rotatable bonds is 4. The van der Waals surface area contributed by atoms with Crippen molar-refractivity contribution in [3.05, 3.63) is 48.5 Å². The standard InChI is InChI=1S/C21H23N3O4/c1-28-18-4-2-3-16(13-18)24-20(26)14-19(21(24)27)23-11-9-22(10-12-23)15-5-7-17(25)8-6-15/h2-8,13,19,25H,9-12,14H2,1H3/t19-/m0/s1. The monoisotopic (exact) mass is 381 g/mol. The maximum Gasteiger partial charge on any atom is 0.251 e. The van der Waals surface area contributed by atoms with Crippen molar-refractivity contribution in [2.24, 2.45) is 0 Å². The summed E-state index contributed by atoms with van der Waals surface area (Å²) in [4.78, 5) is 31.1. The smallest absolute Gasteiger partial charge is 0.251 e. The van der Waals surface area contributed by atoms with Gasteiger partial charge in [-0.1, -0.05) is 6.07 Å². The highest BCUT2D eigenvalue weighted by Crippen LogP contribution is 2.29. The molecule has 0 radical (unpaired) electrons. The van der Waals surface area contributed by atoms with Crippen molar-refractivity contribution >= 4 is 23.2 Å². The first-order valence-corrected chi connectivity index (χ1v) is 9.35. The minimum Gasteiger partial charge on any atom is -0.508 e. The molecule has 2 aromatic rings. The highest BCUT2D eigenvalue weighted by Gasteiger charge is 2.43. The number of amides is 2. The van der Waals surface area contributed by atoms with E-state index in [1.54, 1.807) is 43.5 Å². The van der Waals surface area contributed by atoms with E-state index in [0.717, 1.165) is 18.8 Å². The van der Waals surface area contributed by atoms with Gasteiger partial charge < -0.3 is 14.7 Å². The molecule has 2 aromatic carbocycles. The first kappa shape index (κ1) is 18.3. The van der Waals surface area contributed by atoms with Crippen LogP contribution in [0.25, 0.3) is 0 Å². The number of benzene rings is 2. The Balaban J connectivity index is 1.44. The summed E-state index contributed by atoms with van der Waals surface area (Å²) in [5, 5.41) is 9.44. The summed E-state index contributed by atoms with van der Waals surface area (Å²) >= 11 is 0. The number of ether oxygens (including phenoxy) is 1. The summed E-state index contributed by atoms with van der Waals surface area (Å²) in [7, 11) is 1.56. The molecule has 146 valence electrons. The van der Waals surface area contributed by atoms with Crippen molar-refractivity contribution in [3.8, 4) is 11.5 Å². The Morgan fingerprint density at radius 2 is 1.68 bits per heavy atom. The number of aromatic hydroxyl groups is 1. The van der Waals surface area contributed by atoms with E-state index in [-0.39, 0.29) is 24.0 Å². The van der Waals surface area contributed by atoms with E-state index in [0.29, 0.717) is 24.5 Å². The lowest BCUT2D eigenvalue weighted by Gasteiger charge is -2.38. The second-order valence-corrected chi connectivity index (χ2v) is 7.03. The van der Waals surface area contributed by atoms with Crippen LogP contribution in [0.5, 0.6) is 11.5 Å². The molecule has 2 aliphatic rings. The molecule has 0 unspecified atom stereocenters. The van der Waals surface area contributed by atoms with Gasteiger partial charge in [-0.05, 0) is 36.4 Å². The highest BCUT2D eigenvalue weighted by atomic mass is 16.5. The summed E-state index contributed by atoms with van der Waals surface area (Å²) in [6, 6.07) is 13.7. The number of carbonyl (C=O) groups is 2. The van der Waals surface area contributed by atoms with E-state index >= 15 is 0 Å². The molecule has 2 amide bonds. The molecule has 2 aliphatic heterocycles. The Morgan fingerprint density at radius 1 is 0.964 bits per heavy atom. The van der Waals surface area contributed by atoms with E-state index in [2.05, 4.69) is 9.80 Å². The van der Waals surface area contributed by atoms with Crippen LogP contribution in [0.2, 0.25) is 0 Å². The van der Waals surface area contributed by atoms with E-state index in [1.807, 2.05) is 12.1 Å². The average Bonchev–Trinajstić information content (AvgIpc) is 3.03. The van der Waals surface area contributed by atoms with Crippen LogP contribution in [0.1, 0.15) is 6.42 Å². The number of nitrogens with zero attached hydrogens (tertiary/aromatic N) is 3. The zero-order chi connectivity index (χ0) is 19.7. The summed E-state index contributed by atoms with van der Waals surface area (Å²) < 4.78 is 5.21. The van der Waals surface area contributed by atoms with Crippen LogP contribution in [0.15, 0.2) is 48.5 Å². The third-order valence-corrected chi connectivity index (χ3v) is 5.40. The number of carbonyl (C=O) groups excluding carboxylic acids is 2. The average molecular weight is 381 g/mol. The minimum atomic E-state index is -0.416. The maximum absolute atomic E-state index is 13.0. The van der Waals surface area contributed by atoms with Crippen molar-refractivity contribution in [2.45, 2.75) is 12.5 Å². The van der Waals surface area contributed by atoms with Gasteiger partial charge >= 0.3 is 0 Å². The Bertz CT molecular complexity index is 875. The van der Waals surface area contributed by atoms with Gasteiger partial charge in [-0.25, -0.2) is 4.90 Å². The van der Waals surface area contributed by atoms with Crippen LogP contribution < -0.4 is 14.5 Å². The van der Waals surface area contributed by atoms with Crippen molar-refractivity contribution in [1.82, 2.24) is 4.90 Å². The number of imide groups is 1. The SMILES string of the molecule is COc1cccc(N2C(=O)C[C@H](N3CCN(c4ccc(O)cc4)CC3)C2=O)c1. The molecule has 0 bridgehead atoms. The topological polar surface area (TPSA) is 73.3 Å². The molecule has 2 heterocycles. The van der Waals surface area contributed by atoms with E-state index < -0.39 is 6.04 Å². The molecule has 0 saturated carbocycles. The van der Waals surface area contributed by atoms with Crippen molar-refractivity contribution in [1.29, 1.82) is 0 Å². The van der Waals surface area contributed by atoms with Gasteiger partial charge in [0.25, 0.3) is 5.91 Å². The fourth-order valence-corrected chi connectivity index (χ4v) is 3.88. The zero-order valence-electron chi connectivity index (χ0n) is 15.7. The number of phenolic OH excluding ortho intramolecular Hbond substituents is 1. The number of piperazine rings is 1. The van der Waals surface area contributed by atoms with Crippen LogP contribution in [0.3, 0.4) is 0 Å². The molecular formula is C21H23N3O4. The molecule has 2 saturated heterocycles. The first-order valence-electron chi connectivity index (χ1n) is 9.35. The third-order valence-electron chi connectivity index (χ3n) is 5.40. The van der Waals surface area contributed by atoms with Crippen molar-refractivity contribution in [3.63, 3.8) is 0 Å². The lowest BCUT2D eigenvalue weighted by atomic mass is 10.1. The van der Waals surface area contributed by atoms with Crippen molar-refractivity contribution < 1.29 is 19.4 Å². The molecule has 0 aromatic heterocycles. The van der Waals surface area contributed by atoms with Gasteiger partial charge in [-0.2, -0.15) is 0 Å². The molecular weight excluding hydrogens is 358 g/mol. The van der Waals surface area contributed by atoms with Crippen LogP contribution >= 0.6 is 0 Å². The van der Waals surface area contributed by atoms with Gasteiger partial charge in [0.15, 0.2) is 0 Å². The van der Waals surface area contributed by atoms with Crippen LogP contribution in [-0.4, -0.2) is 61.2 Å². The highest BCUT2D eigenvalue weighted by molar-refractivity contribution is 6.22. The summed E-state index contributed by atoms with van der Waals surface area (Å²) in [5.74, 6) is 0.514. The molecule has 0 spiro atoms.